The molecule has 1 aliphatic rings. The van der Waals surface area contributed by atoms with E-state index in [4.69, 9.17) is 0 Å². The molecular weight excluding hydrogens is 192 g/mol. The molecule has 15 heavy (non-hydrogen) atoms. The van der Waals surface area contributed by atoms with E-state index in [0.717, 1.165) is 0 Å². The lowest BCUT2D eigenvalue weighted by Crippen LogP contribution is -2.50. The number of esters is 1. The number of carbonyl (C=O) groups is 1. The third-order valence-electron chi connectivity index (χ3n) is 3.00. The SMILES string of the molecule is COC(=O)C1(O)CC(c2ccccc2)C1. The molecule has 0 radical (unpaired) electrons. The van der Waals surface area contributed by atoms with E-state index in [1.165, 1.54) is 12.7 Å². The van der Waals surface area contributed by atoms with Gasteiger partial charge in [0.05, 0.1) is 7.11 Å². The van der Waals surface area contributed by atoms with Gasteiger partial charge in [-0.2, -0.15) is 0 Å². The van der Waals surface area contributed by atoms with Crippen molar-refractivity contribution in [2.75, 3.05) is 7.11 Å². The number of hydrogen-bond acceptors (Lipinski definition) is 3. The minimum Gasteiger partial charge on any atom is -0.467 e. The summed E-state index contributed by atoms with van der Waals surface area (Å²) in [4.78, 5) is 11.2. The normalized spacial score (nSPS) is 29.3. The highest BCUT2D eigenvalue weighted by atomic mass is 16.5. The maximum Gasteiger partial charge on any atom is 0.337 e. The summed E-state index contributed by atoms with van der Waals surface area (Å²) < 4.78 is 4.55. The topological polar surface area (TPSA) is 46.5 Å². The molecule has 0 spiro atoms. The Kier molecular flexibility index (Phi) is 2.49. The van der Waals surface area contributed by atoms with Gasteiger partial charge in [-0.25, -0.2) is 4.79 Å². The molecule has 0 unspecified atom stereocenters. The maximum absolute atomic E-state index is 11.2. The van der Waals surface area contributed by atoms with Gasteiger partial charge in [0.1, 0.15) is 0 Å². The average Bonchev–Trinajstić information content (AvgIpc) is 2.25. The summed E-state index contributed by atoms with van der Waals surface area (Å²) in [5.41, 5.74) is -0.0824. The van der Waals surface area contributed by atoms with E-state index in [1.54, 1.807) is 0 Å². The predicted molar refractivity (Wildman–Crippen MR) is 55.4 cm³/mol. The van der Waals surface area contributed by atoms with Crippen LogP contribution in [0.2, 0.25) is 0 Å². The van der Waals surface area contributed by atoms with Crippen molar-refractivity contribution in [2.45, 2.75) is 24.4 Å². The largest absolute Gasteiger partial charge is 0.467 e. The van der Waals surface area contributed by atoms with Crippen molar-refractivity contribution in [2.24, 2.45) is 0 Å². The van der Waals surface area contributed by atoms with Gasteiger partial charge in [-0.15, -0.1) is 0 Å². The Labute approximate surface area is 88.7 Å². The van der Waals surface area contributed by atoms with Crippen LogP contribution < -0.4 is 0 Å². The van der Waals surface area contributed by atoms with E-state index in [2.05, 4.69) is 4.74 Å². The van der Waals surface area contributed by atoms with Crippen LogP contribution >= 0.6 is 0 Å². The molecule has 3 heteroatoms. The van der Waals surface area contributed by atoms with E-state index in [9.17, 15) is 9.90 Å². The molecule has 1 fully saturated rings. The molecule has 1 aromatic carbocycles. The minimum atomic E-state index is -1.25. The van der Waals surface area contributed by atoms with Crippen LogP contribution in [0.3, 0.4) is 0 Å². The average molecular weight is 206 g/mol. The standard InChI is InChI=1S/C12H14O3/c1-15-11(13)12(14)7-10(8-12)9-5-3-2-4-6-9/h2-6,10,14H,7-8H2,1H3. The first-order valence-corrected chi connectivity index (χ1v) is 5.01. The summed E-state index contributed by atoms with van der Waals surface area (Å²) in [7, 11) is 1.30. The lowest BCUT2D eigenvalue weighted by Gasteiger charge is -2.41. The fourth-order valence-electron chi connectivity index (χ4n) is 2.07. The molecule has 0 heterocycles. The number of benzene rings is 1. The number of carbonyl (C=O) groups excluding carboxylic acids is 1. The molecule has 0 bridgehead atoms. The molecule has 2 rings (SSSR count). The molecule has 0 aliphatic heterocycles. The van der Waals surface area contributed by atoms with Gasteiger partial charge in [-0.3, -0.25) is 0 Å². The number of hydrogen-bond donors (Lipinski definition) is 1. The summed E-state index contributed by atoms with van der Waals surface area (Å²) in [5, 5.41) is 9.84. The third kappa shape index (κ3) is 1.75. The van der Waals surface area contributed by atoms with E-state index in [0.29, 0.717) is 12.8 Å². The van der Waals surface area contributed by atoms with Crippen molar-refractivity contribution >= 4 is 5.97 Å². The van der Waals surface area contributed by atoms with Gasteiger partial charge in [0.2, 0.25) is 0 Å². The molecule has 0 atom stereocenters. The molecule has 0 amide bonds. The zero-order chi connectivity index (χ0) is 10.9. The van der Waals surface area contributed by atoms with Crippen LogP contribution in [-0.2, 0) is 9.53 Å². The molecule has 1 aromatic rings. The van der Waals surface area contributed by atoms with E-state index < -0.39 is 11.6 Å². The van der Waals surface area contributed by atoms with Gasteiger partial charge < -0.3 is 9.84 Å². The Hall–Kier alpha value is -1.35. The molecule has 80 valence electrons. The lowest BCUT2D eigenvalue weighted by atomic mass is 9.68. The number of rotatable bonds is 2. The second-order valence-corrected chi connectivity index (χ2v) is 4.04. The minimum absolute atomic E-state index is 0.273. The molecule has 1 saturated carbocycles. The highest BCUT2D eigenvalue weighted by molar-refractivity contribution is 5.80. The first-order chi connectivity index (χ1) is 7.15. The second kappa shape index (κ2) is 3.66. The van der Waals surface area contributed by atoms with Crippen LogP contribution in [0.1, 0.15) is 24.3 Å². The van der Waals surface area contributed by atoms with Gasteiger partial charge >= 0.3 is 5.97 Å². The third-order valence-corrected chi connectivity index (χ3v) is 3.00. The van der Waals surface area contributed by atoms with Crippen LogP contribution in [-0.4, -0.2) is 23.8 Å². The van der Waals surface area contributed by atoms with Gasteiger partial charge in [0, 0.05) is 0 Å². The van der Waals surface area contributed by atoms with Crippen molar-refractivity contribution < 1.29 is 14.6 Å². The summed E-state index contributed by atoms with van der Waals surface area (Å²) in [6, 6.07) is 9.91. The monoisotopic (exact) mass is 206 g/mol. The maximum atomic E-state index is 11.2. The quantitative estimate of drug-likeness (QED) is 0.745. The van der Waals surface area contributed by atoms with Crippen molar-refractivity contribution in [3.05, 3.63) is 35.9 Å². The lowest BCUT2D eigenvalue weighted by molar-refractivity contribution is -0.173. The summed E-state index contributed by atoms with van der Waals surface area (Å²) in [5.74, 6) is -0.245. The fourth-order valence-corrected chi connectivity index (χ4v) is 2.07. The van der Waals surface area contributed by atoms with Crippen molar-refractivity contribution in [1.29, 1.82) is 0 Å². The first kappa shape index (κ1) is 10.2. The Bertz CT molecular complexity index is 352. The van der Waals surface area contributed by atoms with Crippen LogP contribution in [0.25, 0.3) is 0 Å². The predicted octanol–water partition coefficient (Wildman–Crippen LogP) is 1.47. The van der Waals surface area contributed by atoms with E-state index in [1.807, 2.05) is 30.3 Å². The van der Waals surface area contributed by atoms with Gasteiger partial charge in [0.25, 0.3) is 0 Å². The van der Waals surface area contributed by atoms with Crippen molar-refractivity contribution in [3.63, 3.8) is 0 Å². The van der Waals surface area contributed by atoms with Gasteiger partial charge in [0.15, 0.2) is 5.60 Å². The van der Waals surface area contributed by atoms with Crippen molar-refractivity contribution in [3.8, 4) is 0 Å². The van der Waals surface area contributed by atoms with Crippen LogP contribution in [0.5, 0.6) is 0 Å². The number of ether oxygens (including phenoxy) is 1. The first-order valence-electron chi connectivity index (χ1n) is 5.01. The molecular formula is C12H14O3. The van der Waals surface area contributed by atoms with Crippen LogP contribution in [0.15, 0.2) is 30.3 Å². The smallest absolute Gasteiger partial charge is 0.337 e. The zero-order valence-electron chi connectivity index (χ0n) is 8.64. The summed E-state index contributed by atoms with van der Waals surface area (Å²) >= 11 is 0. The Morgan fingerprint density at radius 3 is 2.53 bits per heavy atom. The van der Waals surface area contributed by atoms with E-state index in [-0.39, 0.29) is 5.92 Å². The summed E-state index contributed by atoms with van der Waals surface area (Å²) in [6.07, 6.45) is 0.924. The molecule has 1 aliphatic carbocycles. The highest BCUT2D eigenvalue weighted by Gasteiger charge is 2.50. The highest BCUT2D eigenvalue weighted by Crippen LogP contribution is 2.45. The number of methoxy groups -OCH3 is 1. The summed E-state index contributed by atoms with van der Waals surface area (Å²) in [6.45, 7) is 0. The zero-order valence-corrected chi connectivity index (χ0v) is 8.64. The molecule has 3 nitrogen and oxygen atoms in total. The Morgan fingerprint density at radius 1 is 1.40 bits per heavy atom. The Balaban J connectivity index is 2.02. The molecule has 0 aromatic heterocycles. The molecule has 1 N–H and O–H groups in total. The second-order valence-electron chi connectivity index (χ2n) is 4.04. The molecule has 0 saturated heterocycles. The van der Waals surface area contributed by atoms with Gasteiger partial charge in [-0.1, -0.05) is 30.3 Å². The van der Waals surface area contributed by atoms with Crippen LogP contribution in [0.4, 0.5) is 0 Å². The Morgan fingerprint density at radius 2 is 2.00 bits per heavy atom. The van der Waals surface area contributed by atoms with E-state index >= 15 is 0 Å². The number of aliphatic hydroxyl groups is 1. The van der Waals surface area contributed by atoms with Crippen molar-refractivity contribution in [1.82, 2.24) is 0 Å². The van der Waals surface area contributed by atoms with Crippen LogP contribution in [0, 0.1) is 0 Å². The van der Waals surface area contributed by atoms with Gasteiger partial charge in [-0.05, 0) is 24.3 Å². The fraction of sp³-hybridized carbons (Fsp3) is 0.417.